The maximum atomic E-state index is 11.4. The summed E-state index contributed by atoms with van der Waals surface area (Å²) in [4.78, 5) is 11.4. The molecule has 3 heteroatoms. The molecule has 0 heterocycles. The van der Waals surface area contributed by atoms with Gasteiger partial charge >= 0.3 is 176 Å². The van der Waals surface area contributed by atoms with Gasteiger partial charge in [-0.1, -0.05) is 0 Å². The molecule has 1 N–H and O–H groups in total. The molecule has 0 spiro atoms. The number of carboxylic acids is 1. The number of aromatic carboxylic acids is 1. The third kappa shape index (κ3) is 6.16. The summed E-state index contributed by atoms with van der Waals surface area (Å²) >= 11 is 0. The summed E-state index contributed by atoms with van der Waals surface area (Å²) in [7, 11) is 0. The Hall–Kier alpha value is -2.16. The van der Waals surface area contributed by atoms with Crippen molar-refractivity contribution >= 4 is 23.8 Å². The summed E-state index contributed by atoms with van der Waals surface area (Å²) in [5, 5.41) is 9.39. The standard InChI is InChI=1S/C26H33BO2/c1-3-7-20-11-15-22(16-12-20)24(17-13-21-8-5-4-6-9-21)27-25-18-23(26(28)29)14-10-19(25)2/h10-12,14-16,18,21H,3-9,13,17H2,1-2H3,(H,28,29). The van der Waals surface area contributed by atoms with Crippen LogP contribution >= 0.6 is 0 Å². The summed E-state index contributed by atoms with van der Waals surface area (Å²) in [6.45, 7) is 6.49. The number of carboxylic acid groups (broad SMARTS) is 1. The first kappa shape index (κ1) is 21.6. The molecule has 2 aromatic carbocycles. The van der Waals surface area contributed by atoms with Gasteiger partial charge in [0, 0.05) is 0 Å². The van der Waals surface area contributed by atoms with E-state index in [1.54, 1.807) is 6.07 Å². The van der Waals surface area contributed by atoms with E-state index in [0.29, 0.717) is 5.56 Å². The summed E-state index contributed by atoms with van der Waals surface area (Å²) in [6, 6.07) is 14.4. The zero-order chi connectivity index (χ0) is 20.6. The van der Waals surface area contributed by atoms with Crippen molar-refractivity contribution < 1.29 is 9.90 Å². The van der Waals surface area contributed by atoms with Crippen LogP contribution < -0.4 is 5.46 Å². The summed E-state index contributed by atoms with van der Waals surface area (Å²) < 4.78 is 0. The second kappa shape index (κ2) is 10.6. The third-order valence-electron chi connectivity index (χ3n) is 6.27. The van der Waals surface area contributed by atoms with E-state index in [4.69, 9.17) is 0 Å². The zero-order valence-corrected chi connectivity index (χ0v) is 17.9. The fraction of sp³-hybridized carbons (Fsp3) is 0.462. The molecule has 1 aliphatic carbocycles. The Balaban J connectivity index is 1.89. The van der Waals surface area contributed by atoms with Crippen molar-refractivity contribution in [3.05, 3.63) is 64.7 Å². The Morgan fingerprint density at radius 1 is 1.03 bits per heavy atom. The summed E-state index contributed by atoms with van der Waals surface area (Å²) in [5.41, 5.74) is 6.46. The molecule has 0 unspecified atom stereocenters. The Kier molecular flexibility index (Phi) is 7.86. The zero-order valence-electron chi connectivity index (χ0n) is 17.9. The molecule has 0 saturated heterocycles. The first-order chi connectivity index (χ1) is 14.1. The SMILES string of the molecule is CCCc1ccc(C(=Bc2cc(C(=O)O)ccc2C)CCC2CCCCC2)cc1. The normalized spacial score (nSPS) is 15.2. The van der Waals surface area contributed by atoms with Crippen LogP contribution in [0.3, 0.4) is 0 Å². The van der Waals surface area contributed by atoms with Crippen LogP contribution in [-0.2, 0) is 6.42 Å². The average Bonchev–Trinajstić information content (AvgIpc) is 2.74. The fourth-order valence-corrected chi connectivity index (χ4v) is 4.43. The quantitative estimate of drug-likeness (QED) is 0.602. The molecule has 0 aliphatic heterocycles. The van der Waals surface area contributed by atoms with Gasteiger partial charge in [0.15, 0.2) is 0 Å². The van der Waals surface area contributed by atoms with E-state index in [0.717, 1.165) is 36.2 Å². The summed E-state index contributed by atoms with van der Waals surface area (Å²) in [5.74, 6) is -0.0368. The van der Waals surface area contributed by atoms with E-state index < -0.39 is 5.97 Å². The maximum absolute atomic E-state index is 11.4. The van der Waals surface area contributed by atoms with Gasteiger partial charge in [-0.25, -0.2) is 0 Å². The Morgan fingerprint density at radius 3 is 2.38 bits per heavy atom. The molecule has 1 aliphatic rings. The molecule has 152 valence electrons. The predicted octanol–water partition coefficient (Wildman–Crippen LogP) is 5.56. The van der Waals surface area contributed by atoms with Crippen LogP contribution in [0.15, 0.2) is 42.5 Å². The van der Waals surface area contributed by atoms with Crippen LogP contribution in [0, 0.1) is 12.8 Å². The van der Waals surface area contributed by atoms with Crippen molar-refractivity contribution in [3.8, 4) is 0 Å². The molecule has 2 aromatic rings. The van der Waals surface area contributed by atoms with E-state index in [1.165, 1.54) is 55.1 Å². The Morgan fingerprint density at radius 2 is 1.72 bits per heavy atom. The van der Waals surface area contributed by atoms with Gasteiger partial charge in [-0.15, -0.1) is 0 Å². The van der Waals surface area contributed by atoms with Gasteiger partial charge in [0.1, 0.15) is 0 Å². The first-order valence-corrected chi connectivity index (χ1v) is 11.2. The number of carbonyl (C=O) groups is 1. The minimum atomic E-state index is -0.868. The number of benzene rings is 2. The van der Waals surface area contributed by atoms with Crippen molar-refractivity contribution in [1.29, 1.82) is 0 Å². The van der Waals surface area contributed by atoms with Crippen LogP contribution in [0.2, 0.25) is 0 Å². The Bertz CT molecular complexity index is 846. The van der Waals surface area contributed by atoms with Gasteiger partial charge < -0.3 is 0 Å². The van der Waals surface area contributed by atoms with E-state index in [1.807, 2.05) is 12.1 Å². The molecule has 0 radical (unpaired) electrons. The molecule has 0 amide bonds. The number of hydrogen-bond donors (Lipinski definition) is 1. The van der Waals surface area contributed by atoms with Crippen molar-refractivity contribution in [3.63, 3.8) is 0 Å². The van der Waals surface area contributed by atoms with Crippen molar-refractivity contribution in [2.75, 3.05) is 0 Å². The monoisotopic (exact) mass is 388 g/mol. The first-order valence-electron chi connectivity index (χ1n) is 11.2. The second-order valence-corrected chi connectivity index (χ2v) is 8.54. The van der Waals surface area contributed by atoms with Gasteiger partial charge in [0.05, 0.1) is 0 Å². The minimum absolute atomic E-state index is 0.353. The molecule has 3 rings (SSSR count). The van der Waals surface area contributed by atoms with Gasteiger partial charge in [-0.3, -0.25) is 0 Å². The van der Waals surface area contributed by atoms with Crippen LogP contribution in [0.4, 0.5) is 0 Å². The van der Waals surface area contributed by atoms with E-state index in [2.05, 4.69) is 45.0 Å². The van der Waals surface area contributed by atoms with Crippen molar-refractivity contribution in [2.45, 2.75) is 71.6 Å². The molecular weight excluding hydrogens is 355 g/mol. The van der Waals surface area contributed by atoms with Crippen LogP contribution in [0.1, 0.15) is 85.3 Å². The molecule has 2 nitrogen and oxygen atoms in total. The molecule has 0 aromatic heterocycles. The van der Waals surface area contributed by atoms with Gasteiger partial charge in [-0.05, 0) is 0 Å². The van der Waals surface area contributed by atoms with E-state index in [-0.39, 0.29) is 0 Å². The van der Waals surface area contributed by atoms with Gasteiger partial charge in [0.25, 0.3) is 0 Å². The molecule has 1 saturated carbocycles. The molecule has 0 atom stereocenters. The third-order valence-corrected chi connectivity index (χ3v) is 6.27. The van der Waals surface area contributed by atoms with Crippen molar-refractivity contribution in [1.82, 2.24) is 0 Å². The molecule has 1 fully saturated rings. The molecule has 0 bridgehead atoms. The molecule has 29 heavy (non-hydrogen) atoms. The van der Waals surface area contributed by atoms with Gasteiger partial charge in [0.2, 0.25) is 0 Å². The number of aryl methyl sites for hydroxylation is 2. The van der Waals surface area contributed by atoms with E-state index >= 15 is 0 Å². The number of hydrogen-bond acceptors (Lipinski definition) is 1. The van der Waals surface area contributed by atoms with E-state index in [9.17, 15) is 9.90 Å². The van der Waals surface area contributed by atoms with Crippen LogP contribution in [-0.4, -0.2) is 23.5 Å². The number of rotatable bonds is 8. The topological polar surface area (TPSA) is 37.3 Å². The van der Waals surface area contributed by atoms with Crippen molar-refractivity contribution in [2.24, 2.45) is 5.92 Å². The van der Waals surface area contributed by atoms with Gasteiger partial charge in [-0.2, -0.15) is 0 Å². The fourth-order valence-electron chi connectivity index (χ4n) is 4.43. The average molecular weight is 388 g/mol. The second-order valence-electron chi connectivity index (χ2n) is 8.54. The molecular formula is C26H33BO2. The predicted molar refractivity (Wildman–Crippen MR) is 124 cm³/mol. The summed E-state index contributed by atoms with van der Waals surface area (Å²) in [6.07, 6.45) is 11.4. The van der Waals surface area contributed by atoms with Crippen LogP contribution in [0.5, 0.6) is 0 Å². The van der Waals surface area contributed by atoms with Crippen LogP contribution in [0.25, 0.3) is 0 Å². The Labute approximate surface area is 176 Å².